The highest BCUT2D eigenvalue weighted by molar-refractivity contribution is 6.30. The monoisotopic (exact) mass is 264 g/mol. The van der Waals surface area contributed by atoms with E-state index in [2.05, 4.69) is 23.5 Å². The molecule has 2 aromatic rings. The Morgan fingerprint density at radius 1 is 1.39 bits per heavy atom. The summed E-state index contributed by atoms with van der Waals surface area (Å²) in [5.41, 5.74) is 2.15. The minimum Gasteiger partial charge on any atom is -0.360 e. The average Bonchev–Trinajstić information content (AvgIpc) is 2.75. The van der Waals surface area contributed by atoms with E-state index in [1.165, 1.54) is 5.56 Å². The van der Waals surface area contributed by atoms with Gasteiger partial charge >= 0.3 is 0 Å². The fraction of sp³-hybridized carbons (Fsp3) is 0.357. The van der Waals surface area contributed by atoms with Crippen molar-refractivity contribution in [3.8, 4) is 0 Å². The summed E-state index contributed by atoms with van der Waals surface area (Å²) in [7, 11) is 0. The van der Waals surface area contributed by atoms with Crippen LogP contribution in [0.3, 0.4) is 0 Å². The number of aryl methyl sites for hydroxylation is 1. The Bertz CT molecular complexity index is 510. The maximum absolute atomic E-state index is 5.98. The summed E-state index contributed by atoms with van der Waals surface area (Å²) in [6, 6.07) is 9.91. The van der Waals surface area contributed by atoms with E-state index in [0.29, 0.717) is 12.5 Å². The topological polar surface area (TPSA) is 38.1 Å². The maximum Gasteiger partial charge on any atom is 0.150 e. The van der Waals surface area contributed by atoms with Gasteiger partial charge in [-0.25, -0.2) is 0 Å². The van der Waals surface area contributed by atoms with Crippen molar-refractivity contribution in [2.75, 3.05) is 6.54 Å². The Morgan fingerprint density at radius 2 is 2.22 bits per heavy atom. The highest BCUT2D eigenvalue weighted by Crippen LogP contribution is 2.18. The van der Waals surface area contributed by atoms with Crippen LogP contribution in [-0.2, 0) is 6.54 Å². The number of benzene rings is 1. The molecule has 2 rings (SSSR count). The second kappa shape index (κ2) is 6.03. The average molecular weight is 265 g/mol. The lowest BCUT2D eigenvalue weighted by Gasteiger charge is -2.12. The van der Waals surface area contributed by atoms with Gasteiger partial charge in [0.2, 0.25) is 0 Å². The van der Waals surface area contributed by atoms with E-state index in [-0.39, 0.29) is 0 Å². The quantitative estimate of drug-likeness (QED) is 0.898. The molecule has 0 fully saturated rings. The highest BCUT2D eigenvalue weighted by Gasteiger charge is 2.06. The molecule has 4 heteroatoms. The van der Waals surface area contributed by atoms with Gasteiger partial charge in [-0.2, -0.15) is 0 Å². The van der Waals surface area contributed by atoms with Crippen LogP contribution >= 0.6 is 11.6 Å². The zero-order valence-corrected chi connectivity index (χ0v) is 11.4. The minimum atomic E-state index is 0.410. The van der Waals surface area contributed by atoms with E-state index in [0.717, 1.165) is 23.0 Å². The zero-order valence-electron chi connectivity index (χ0n) is 10.6. The Kier molecular flexibility index (Phi) is 4.39. The maximum atomic E-state index is 5.98. The van der Waals surface area contributed by atoms with Crippen molar-refractivity contribution in [3.63, 3.8) is 0 Å². The normalized spacial score (nSPS) is 12.6. The van der Waals surface area contributed by atoms with Crippen LogP contribution in [0.5, 0.6) is 0 Å². The van der Waals surface area contributed by atoms with Crippen molar-refractivity contribution in [3.05, 3.63) is 52.4 Å². The van der Waals surface area contributed by atoms with Crippen LogP contribution in [0.4, 0.5) is 0 Å². The van der Waals surface area contributed by atoms with Gasteiger partial charge in [0.25, 0.3) is 0 Å². The first-order chi connectivity index (χ1) is 8.65. The molecule has 1 aromatic heterocycles. The second-order valence-corrected chi connectivity index (χ2v) is 4.96. The smallest absolute Gasteiger partial charge is 0.150 e. The van der Waals surface area contributed by atoms with Crippen LogP contribution in [-0.4, -0.2) is 11.7 Å². The molecule has 0 unspecified atom stereocenters. The SMILES string of the molecule is Cc1cc(CNC[C@H](C)c2cccc(Cl)c2)on1. The second-order valence-electron chi connectivity index (χ2n) is 4.52. The number of aromatic nitrogens is 1. The number of hydrogen-bond donors (Lipinski definition) is 1. The fourth-order valence-electron chi connectivity index (χ4n) is 1.84. The molecule has 0 spiro atoms. The van der Waals surface area contributed by atoms with Crippen molar-refractivity contribution in [2.24, 2.45) is 0 Å². The molecule has 1 heterocycles. The fourth-order valence-corrected chi connectivity index (χ4v) is 2.04. The summed E-state index contributed by atoms with van der Waals surface area (Å²) in [5, 5.41) is 7.99. The lowest BCUT2D eigenvalue weighted by Crippen LogP contribution is -2.19. The van der Waals surface area contributed by atoms with Gasteiger partial charge in [-0.15, -0.1) is 0 Å². The van der Waals surface area contributed by atoms with Crippen LogP contribution < -0.4 is 5.32 Å². The van der Waals surface area contributed by atoms with Crippen molar-refractivity contribution >= 4 is 11.6 Å². The molecule has 18 heavy (non-hydrogen) atoms. The van der Waals surface area contributed by atoms with Gasteiger partial charge in [0.1, 0.15) is 0 Å². The number of hydrogen-bond acceptors (Lipinski definition) is 3. The van der Waals surface area contributed by atoms with Gasteiger partial charge in [-0.05, 0) is 30.5 Å². The van der Waals surface area contributed by atoms with Gasteiger partial charge in [-0.3, -0.25) is 0 Å². The van der Waals surface area contributed by atoms with Crippen molar-refractivity contribution < 1.29 is 4.52 Å². The standard InChI is InChI=1S/C14H17ClN2O/c1-10(12-4-3-5-13(15)7-12)8-16-9-14-6-11(2)17-18-14/h3-7,10,16H,8-9H2,1-2H3/t10-/m0/s1. The third-order valence-electron chi connectivity index (χ3n) is 2.84. The number of nitrogens with one attached hydrogen (secondary N) is 1. The van der Waals surface area contributed by atoms with Crippen LogP contribution in [0.1, 0.15) is 29.9 Å². The highest BCUT2D eigenvalue weighted by atomic mass is 35.5. The summed E-state index contributed by atoms with van der Waals surface area (Å²) in [6.07, 6.45) is 0. The zero-order chi connectivity index (χ0) is 13.0. The predicted octanol–water partition coefficient (Wildman–Crippen LogP) is 3.53. The van der Waals surface area contributed by atoms with Gasteiger partial charge in [-0.1, -0.05) is 35.8 Å². The number of halogens is 1. The van der Waals surface area contributed by atoms with Crippen molar-refractivity contribution in [1.82, 2.24) is 10.5 Å². The summed E-state index contributed by atoms with van der Waals surface area (Å²) in [5.74, 6) is 1.28. The summed E-state index contributed by atoms with van der Waals surface area (Å²) < 4.78 is 5.14. The summed E-state index contributed by atoms with van der Waals surface area (Å²) in [6.45, 7) is 5.66. The number of nitrogens with zero attached hydrogens (tertiary/aromatic N) is 1. The Morgan fingerprint density at radius 3 is 2.89 bits per heavy atom. The van der Waals surface area contributed by atoms with Gasteiger partial charge in [0.15, 0.2) is 5.76 Å². The molecule has 1 aromatic carbocycles. The van der Waals surface area contributed by atoms with E-state index in [1.807, 2.05) is 31.2 Å². The molecule has 1 N–H and O–H groups in total. The molecule has 1 atom stereocenters. The Hall–Kier alpha value is -1.32. The molecule has 0 bridgehead atoms. The van der Waals surface area contributed by atoms with E-state index in [9.17, 15) is 0 Å². The minimum absolute atomic E-state index is 0.410. The molecule has 0 amide bonds. The van der Waals surface area contributed by atoms with Crippen molar-refractivity contribution in [2.45, 2.75) is 26.3 Å². The summed E-state index contributed by atoms with van der Waals surface area (Å²) >= 11 is 5.98. The van der Waals surface area contributed by atoms with Crippen LogP contribution in [0.2, 0.25) is 5.02 Å². The molecule has 0 aliphatic heterocycles. The molecule has 96 valence electrons. The predicted molar refractivity (Wildman–Crippen MR) is 72.8 cm³/mol. The molecular formula is C14H17ClN2O. The number of rotatable bonds is 5. The van der Waals surface area contributed by atoms with E-state index in [1.54, 1.807) is 0 Å². The Balaban J connectivity index is 1.83. The first-order valence-corrected chi connectivity index (χ1v) is 6.41. The first-order valence-electron chi connectivity index (χ1n) is 6.03. The van der Waals surface area contributed by atoms with Crippen LogP contribution in [0.25, 0.3) is 0 Å². The van der Waals surface area contributed by atoms with E-state index >= 15 is 0 Å². The van der Waals surface area contributed by atoms with Gasteiger partial charge in [0, 0.05) is 17.6 Å². The van der Waals surface area contributed by atoms with Crippen LogP contribution in [0.15, 0.2) is 34.9 Å². The largest absolute Gasteiger partial charge is 0.360 e. The molecule has 0 radical (unpaired) electrons. The lowest BCUT2D eigenvalue weighted by molar-refractivity contribution is 0.368. The molecule has 0 aliphatic carbocycles. The van der Waals surface area contributed by atoms with Gasteiger partial charge in [0.05, 0.1) is 12.2 Å². The molecule has 0 saturated heterocycles. The third-order valence-corrected chi connectivity index (χ3v) is 3.08. The first kappa shape index (κ1) is 13.1. The molecular weight excluding hydrogens is 248 g/mol. The summed E-state index contributed by atoms with van der Waals surface area (Å²) in [4.78, 5) is 0. The van der Waals surface area contributed by atoms with E-state index < -0.39 is 0 Å². The molecule has 3 nitrogen and oxygen atoms in total. The van der Waals surface area contributed by atoms with Gasteiger partial charge < -0.3 is 9.84 Å². The molecule has 0 aliphatic rings. The Labute approximate surface area is 112 Å². The molecule has 0 saturated carbocycles. The van der Waals surface area contributed by atoms with Crippen LogP contribution in [0, 0.1) is 6.92 Å². The third kappa shape index (κ3) is 3.59. The lowest BCUT2D eigenvalue weighted by atomic mass is 10.0. The van der Waals surface area contributed by atoms with E-state index in [4.69, 9.17) is 16.1 Å². The van der Waals surface area contributed by atoms with Crippen molar-refractivity contribution in [1.29, 1.82) is 0 Å².